The minimum Gasteiger partial charge on any atom is -0.378 e. The summed E-state index contributed by atoms with van der Waals surface area (Å²) >= 11 is 1.78. The van der Waals surface area contributed by atoms with E-state index in [1.165, 1.54) is 0 Å². The number of rotatable bonds is 12. The average molecular weight is 250 g/mol. The second-order valence-corrected chi connectivity index (χ2v) is 4.63. The van der Waals surface area contributed by atoms with Gasteiger partial charge in [-0.3, -0.25) is 0 Å². The smallest absolute Gasteiger partial charge is 0.0701 e. The van der Waals surface area contributed by atoms with Crippen molar-refractivity contribution >= 4 is 11.8 Å². The third-order valence-corrected chi connectivity index (χ3v) is 2.33. The van der Waals surface area contributed by atoms with Crippen molar-refractivity contribution < 1.29 is 9.47 Å². The van der Waals surface area contributed by atoms with Gasteiger partial charge in [0.05, 0.1) is 26.4 Å². The lowest BCUT2D eigenvalue weighted by atomic mass is 10.4. The van der Waals surface area contributed by atoms with E-state index in [1.807, 2.05) is 0 Å². The molecule has 0 aromatic rings. The van der Waals surface area contributed by atoms with Gasteiger partial charge in [0.15, 0.2) is 0 Å². The molecule has 0 saturated carbocycles. The van der Waals surface area contributed by atoms with Crippen LogP contribution in [0, 0.1) is 0 Å². The Labute approximate surface area is 104 Å². The van der Waals surface area contributed by atoms with Crippen LogP contribution in [0.25, 0.3) is 0 Å². The van der Waals surface area contributed by atoms with Gasteiger partial charge in [-0.25, -0.2) is 0 Å². The lowest BCUT2D eigenvalue weighted by molar-refractivity contribution is 0.0498. The molecule has 5 heteroatoms. The normalized spacial score (nSPS) is 11.2. The highest BCUT2D eigenvalue weighted by Gasteiger charge is 1.92. The van der Waals surface area contributed by atoms with Gasteiger partial charge < -0.3 is 20.1 Å². The summed E-state index contributed by atoms with van der Waals surface area (Å²) < 4.78 is 10.8. The Bertz CT molecular complexity index is 137. The van der Waals surface area contributed by atoms with E-state index in [2.05, 4.69) is 30.7 Å². The minimum atomic E-state index is 0.530. The van der Waals surface area contributed by atoms with Gasteiger partial charge in [-0.15, -0.1) is 11.8 Å². The van der Waals surface area contributed by atoms with Crippen molar-refractivity contribution in [3.63, 3.8) is 0 Å². The van der Waals surface area contributed by atoms with E-state index >= 15 is 0 Å². The highest BCUT2D eigenvalue weighted by Crippen LogP contribution is 1.84. The molecule has 0 bridgehead atoms. The van der Waals surface area contributed by atoms with Crippen LogP contribution in [-0.4, -0.2) is 57.7 Å². The van der Waals surface area contributed by atoms with Gasteiger partial charge in [-0.2, -0.15) is 0 Å². The second kappa shape index (κ2) is 13.3. The zero-order valence-corrected chi connectivity index (χ0v) is 11.6. The molecule has 98 valence electrons. The molecule has 0 aliphatic carbocycles. The highest BCUT2D eigenvalue weighted by atomic mass is 32.2. The van der Waals surface area contributed by atoms with Crippen molar-refractivity contribution in [3.8, 4) is 0 Å². The largest absolute Gasteiger partial charge is 0.378 e. The zero-order valence-electron chi connectivity index (χ0n) is 10.8. The second-order valence-electron chi connectivity index (χ2n) is 3.77. The third-order valence-electron chi connectivity index (χ3n) is 1.84. The van der Waals surface area contributed by atoms with Crippen molar-refractivity contribution in [2.45, 2.75) is 19.9 Å². The van der Waals surface area contributed by atoms with E-state index in [1.54, 1.807) is 11.8 Å². The fourth-order valence-electron chi connectivity index (χ4n) is 1.06. The Kier molecular flexibility index (Phi) is 13.4. The molecule has 0 amide bonds. The van der Waals surface area contributed by atoms with Gasteiger partial charge in [0.2, 0.25) is 0 Å². The molecule has 4 nitrogen and oxygen atoms in total. The number of hydrogen-bond acceptors (Lipinski definition) is 5. The van der Waals surface area contributed by atoms with Crippen molar-refractivity contribution in [3.05, 3.63) is 0 Å². The van der Waals surface area contributed by atoms with Crippen LogP contribution >= 0.6 is 11.8 Å². The summed E-state index contributed by atoms with van der Waals surface area (Å²) in [4.78, 5) is 0. The molecule has 0 aliphatic rings. The van der Waals surface area contributed by atoms with E-state index in [0.29, 0.717) is 19.3 Å². The highest BCUT2D eigenvalue weighted by molar-refractivity contribution is 7.98. The molecule has 16 heavy (non-hydrogen) atoms. The first kappa shape index (κ1) is 16.2. The average Bonchev–Trinajstić information content (AvgIpc) is 2.25. The number of nitrogens with one attached hydrogen (secondary N) is 2. The molecular weight excluding hydrogens is 224 g/mol. The summed E-state index contributed by atoms with van der Waals surface area (Å²) in [7, 11) is 0. The molecule has 0 radical (unpaired) electrons. The van der Waals surface area contributed by atoms with Crippen LogP contribution in [0.5, 0.6) is 0 Å². The predicted octanol–water partition coefficient (Wildman–Crippen LogP) is 0.928. The molecule has 0 heterocycles. The molecular formula is C11H26N2O2S. The van der Waals surface area contributed by atoms with Gasteiger partial charge in [0.1, 0.15) is 0 Å². The molecule has 2 N–H and O–H groups in total. The molecule has 0 aromatic carbocycles. The van der Waals surface area contributed by atoms with Crippen LogP contribution in [0.3, 0.4) is 0 Å². The first-order chi connectivity index (χ1) is 7.77. The van der Waals surface area contributed by atoms with Crippen LogP contribution in [-0.2, 0) is 9.47 Å². The van der Waals surface area contributed by atoms with Crippen LogP contribution < -0.4 is 10.6 Å². The van der Waals surface area contributed by atoms with Gasteiger partial charge in [-0.05, 0) is 6.26 Å². The minimum absolute atomic E-state index is 0.530. The fourth-order valence-corrected chi connectivity index (χ4v) is 1.41. The fraction of sp³-hybridized carbons (Fsp3) is 1.00. The summed E-state index contributed by atoms with van der Waals surface area (Å²) in [5.41, 5.74) is 0. The lowest BCUT2D eigenvalue weighted by Crippen LogP contribution is -2.27. The number of ether oxygens (including phenoxy) is 2. The predicted molar refractivity (Wildman–Crippen MR) is 71.2 cm³/mol. The Morgan fingerprint density at radius 1 is 1.00 bits per heavy atom. The summed E-state index contributed by atoms with van der Waals surface area (Å²) in [5.74, 6) is 0.987. The maximum Gasteiger partial charge on any atom is 0.0701 e. The quantitative estimate of drug-likeness (QED) is 0.398. The van der Waals surface area contributed by atoms with Crippen molar-refractivity contribution in [2.75, 3.05) is 51.6 Å². The van der Waals surface area contributed by atoms with Crippen molar-refractivity contribution in [1.82, 2.24) is 10.6 Å². The molecule has 0 aliphatic heterocycles. The van der Waals surface area contributed by atoms with Crippen molar-refractivity contribution in [1.29, 1.82) is 0 Å². The summed E-state index contributed by atoms with van der Waals surface area (Å²) in [6.07, 6.45) is 2.08. The molecule has 0 rings (SSSR count). The molecule has 0 unspecified atom stereocenters. The van der Waals surface area contributed by atoms with E-state index in [9.17, 15) is 0 Å². The van der Waals surface area contributed by atoms with Crippen LogP contribution in [0.15, 0.2) is 0 Å². The maximum absolute atomic E-state index is 5.40. The first-order valence-corrected chi connectivity index (χ1v) is 7.25. The van der Waals surface area contributed by atoms with E-state index in [-0.39, 0.29) is 0 Å². The van der Waals surface area contributed by atoms with Gasteiger partial charge >= 0.3 is 0 Å². The SMILES string of the molecule is CSCNCCOCCOCCNC(C)C. The van der Waals surface area contributed by atoms with Gasteiger partial charge in [0, 0.05) is 25.0 Å². The summed E-state index contributed by atoms with van der Waals surface area (Å²) in [6.45, 7) is 8.96. The van der Waals surface area contributed by atoms with Crippen molar-refractivity contribution in [2.24, 2.45) is 0 Å². The monoisotopic (exact) mass is 250 g/mol. The molecule has 0 spiro atoms. The van der Waals surface area contributed by atoms with Crippen LogP contribution in [0.4, 0.5) is 0 Å². The summed E-state index contributed by atoms with van der Waals surface area (Å²) in [6, 6.07) is 0.530. The van der Waals surface area contributed by atoms with E-state index in [4.69, 9.17) is 9.47 Å². The Morgan fingerprint density at radius 2 is 1.62 bits per heavy atom. The molecule has 0 saturated heterocycles. The van der Waals surface area contributed by atoms with E-state index < -0.39 is 0 Å². The lowest BCUT2D eigenvalue weighted by Gasteiger charge is -2.09. The topological polar surface area (TPSA) is 42.5 Å². The molecule has 0 aromatic heterocycles. The maximum atomic E-state index is 5.40. The number of hydrogen-bond donors (Lipinski definition) is 2. The van der Waals surface area contributed by atoms with Crippen LogP contribution in [0.2, 0.25) is 0 Å². The van der Waals surface area contributed by atoms with E-state index in [0.717, 1.165) is 32.2 Å². The first-order valence-electron chi connectivity index (χ1n) is 5.86. The zero-order chi connectivity index (χ0) is 12.1. The molecule has 0 atom stereocenters. The Morgan fingerprint density at radius 3 is 2.19 bits per heavy atom. The summed E-state index contributed by atoms with van der Waals surface area (Å²) in [5, 5.41) is 6.54. The Hall–Kier alpha value is 0.190. The number of thioether (sulfide) groups is 1. The van der Waals surface area contributed by atoms with Gasteiger partial charge in [0.25, 0.3) is 0 Å². The van der Waals surface area contributed by atoms with Gasteiger partial charge in [-0.1, -0.05) is 13.8 Å². The van der Waals surface area contributed by atoms with Crippen LogP contribution in [0.1, 0.15) is 13.8 Å². The standard InChI is InChI=1S/C11H26N2O2S/c1-11(2)13-5-7-15-9-8-14-6-4-12-10-16-3/h11-13H,4-10H2,1-3H3. The Balaban J connectivity index is 2.88. The molecule has 0 fully saturated rings. The third kappa shape index (κ3) is 14.2.